The zero-order chi connectivity index (χ0) is 17.5. The second-order valence-corrected chi connectivity index (χ2v) is 6.56. The Morgan fingerprint density at radius 3 is 2.81 bits per heavy atom. The average Bonchev–Trinajstić information content (AvgIpc) is 3.07. The smallest absolute Gasteiger partial charge is 0.241 e. The first-order valence-corrected chi connectivity index (χ1v) is 8.65. The third-order valence-electron chi connectivity index (χ3n) is 4.93. The van der Waals surface area contributed by atoms with Crippen molar-refractivity contribution >= 4 is 22.6 Å². The molecule has 1 aliphatic carbocycles. The van der Waals surface area contributed by atoms with E-state index in [0.717, 1.165) is 35.0 Å². The van der Waals surface area contributed by atoms with E-state index >= 15 is 0 Å². The molecule has 26 heavy (non-hydrogen) atoms. The highest BCUT2D eigenvalue weighted by atomic mass is 15.3. The Labute approximate surface area is 149 Å². The van der Waals surface area contributed by atoms with Crippen molar-refractivity contribution < 1.29 is 0 Å². The highest BCUT2D eigenvalue weighted by molar-refractivity contribution is 5.84. The van der Waals surface area contributed by atoms with Gasteiger partial charge in [0.25, 0.3) is 0 Å². The third kappa shape index (κ3) is 2.55. The summed E-state index contributed by atoms with van der Waals surface area (Å²) in [6.45, 7) is 0. The van der Waals surface area contributed by atoms with Crippen LogP contribution in [0.2, 0.25) is 0 Å². The van der Waals surface area contributed by atoms with Crippen LogP contribution in [-0.2, 0) is 0 Å². The van der Waals surface area contributed by atoms with Crippen LogP contribution in [0.1, 0.15) is 12.8 Å². The van der Waals surface area contributed by atoms with Gasteiger partial charge in [0.05, 0.1) is 11.7 Å². The summed E-state index contributed by atoms with van der Waals surface area (Å²) in [5.41, 5.74) is 4.34. The van der Waals surface area contributed by atoms with Gasteiger partial charge in [-0.15, -0.1) is 5.10 Å². The lowest BCUT2D eigenvalue weighted by Gasteiger charge is -2.35. The maximum Gasteiger partial charge on any atom is 0.241 e. The summed E-state index contributed by atoms with van der Waals surface area (Å²) < 4.78 is 1.85. The highest BCUT2D eigenvalue weighted by Crippen LogP contribution is 2.27. The lowest BCUT2D eigenvalue weighted by molar-refractivity contribution is 0.325. The van der Waals surface area contributed by atoms with E-state index < -0.39 is 0 Å². The number of nitrogens with one attached hydrogen (secondary N) is 2. The van der Waals surface area contributed by atoms with Crippen LogP contribution in [-0.4, -0.2) is 48.7 Å². The Balaban J connectivity index is 1.45. The fraction of sp³-hybridized carbons (Fsp3) is 0.278. The molecule has 8 heteroatoms. The quantitative estimate of drug-likeness (QED) is 0.583. The zero-order valence-electron chi connectivity index (χ0n) is 14.3. The van der Waals surface area contributed by atoms with Gasteiger partial charge in [-0.2, -0.15) is 0 Å². The number of nitrogens with zero attached hydrogens (tertiary/aromatic N) is 6. The standard InChI is InChI=1S/C18H18N8/c1-19-12-7-13(8-12)24-18-23-10-16-14(2-5-26(16)25-18)11-6-15-17(22-9-11)21-4-3-20-15/h2-6,9-10,12-13,19H,7-8H2,1H3,(H,24,25). The summed E-state index contributed by atoms with van der Waals surface area (Å²) in [7, 11) is 2.00. The van der Waals surface area contributed by atoms with Gasteiger partial charge in [-0.25, -0.2) is 19.5 Å². The minimum atomic E-state index is 0.434. The van der Waals surface area contributed by atoms with E-state index in [0.29, 0.717) is 23.7 Å². The van der Waals surface area contributed by atoms with Crippen LogP contribution in [0.15, 0.2) is 43.1 Å². The zero-order valence-corrected chi connectivity index (χ0v) is 14.3. The molecule has 0 bridgehead atoms. The largest absolute Gasteiger partial charge is 0.350 e. The molecule has 0 saturated heterocycles. The van der Waals surface area contributed by atoms with E-state index in [1.54, 1.807) is 12.4 Å². The van der Waals surface area contributed by atoms with Crippen molar-refractivity contribution in [2.24, 2.45) is 0 Å². The van der Waals surface area contributed by atoms with Crippen LogP contribution >= 0.6 is 0 Å². The summed E-state index contributed by atoms with van der Waals surface area (Å²) >= 11 is 0. The van der Waals surface area contributed by atoms with E-state index in [1.807, 2.05) is 42.3 Å². The van der Waals surface area contributed by atoms with Crippen molar-refractivity contribution in [1.82, 2.24) is 34.9 Å². The van der Waals surface area contributed by atoms with Crippen molar-refractivity contribution in [2.75, 3.05) is 12.4 Å². The van der Waals surface area contributed by atoms with E-state index in [1.165, 1.54) is 0 Å². The van der Waals surface area contributed by atoms with Crippen molar-refractivity contribution in [3.05, 3.63) is 43.1 Å². The Morgan fingerprint density at radius 1 is 1.04 bits per heavy atom. The van der Waals surface area contributed by atoms with Crippen molar-refractivity contribution in [1.29, 1.82) is 0 Å². The molecule has 4 aromatic rings. The molecule has 0 spiro atoms. The van der Waals surface area contributed by atoms with Crippen LogP contribution in [0.3, 0.4) is 0 Å². The lowest BCUT2D eigenvalue weighted by Crippen LogP contribution is -2.46. The Hall–Kier alpha value is -3.13. The van der Waals surface area contributed by atoms with Crippen molar-refractivity contribution in [3.63, 3.8) is 0 Å². The normalized spacial score (nSPS) is 19.6. The molecule has 0 radical (unpaired) electrons. The van der Waals surface area contributed by atoms with E-state index in [4.69, 9.17) is 0 Å². The average molecular weight is 346 g/mol. The number of anilines is 1. The van der Waals surface area contributed by atoms with Crippen LogP contribution in [0.4, 0.5) is 5.95 Å². The molecule has 8 nitrogen and oxygen atoms in total. The lowest BCUT2D eigenvalue weighted by atomic mass is 9.87. The van der Waals surface area contributed by atoms with Crippen LogP contribution in [0.5, 0.6) is 0 Å². The minimum absolute atomic E-state index is 0.434. The molecule has 4 heterocycles. The topological polar surface area (TPSA) is 92.9 Å². The fourth-order valence-electron chi connectivity index (χ4n) is 3.37. The molecule has 4 aromatic heterocycles. The Bertz CT molecular complexity index is 1080. The van der Waals surface area contributed by atoms with Gasteiger partial charge in [0.15, 0.2) is 5.65 Å². The van der Waals surface area contributed by atoms with E-state index in [2.05, 4.69) is 35.7 Å². The van der Waals surface area contributed by atoms with Gasteiger partial charge in [0, 0.05) is 48.0 Å². The van der Waals surface area contributed by atoms with Gasteiger partial charge < -0.3 is 10.6 Å². The number of rotatable bonds is 4. The summed E-state index contributed by atoms with van der Waals surface area (Å²) in [4.78, 5) is 17.4. The molecule has 0 unspecified atom stereocenters. The van der Waals surface area contributed by atoms with Gasteiger partial charge in [0.2, 0.25) is 5.95 Å². The molecule has 0 atom stereocenters. The van der Waals surface area contributed by atoms with E-state index in [-0.39, 0.29) is 0 Å². The van der Waals surface area contributed by atoms with Crippen LogP contribution in [0.25, 0.3) is 27.8 Å². The first-order chi connectivity index (χ1) is 12.8. The van der Waals surface area contributed by atoms with Crippen molar-refractivity contribution in [3.8, 4) is 11.1 Å². The molecular formula is C18H18N8. The molecule has 0 aliphatic heterocycles. The summed E-state index contributed by atoms with van der Waals surface area (Å²) in [6.07, 6.45) is 11.1. The van der Waals surface area contributed by atoms with Gasteiger partial charge in [-0.1, -0.05) is 0 Å². The second-order valence-electron chi connectivity index (χ2n) is 6.56. The molecule has 130 valence electrons. The first kappa shape index (κ1) is 15.2. The molecule has 1 aliphatic rings. The third-order valence-corrected chi connectivity index (χ3v) is 4.93. The highest BCUT2D eigenvalue weighted by Gasteiger charge is 2.28. The Morgan fingerprint density at radius 2 is 1.92 bits per heavy atom. The van der Waals surface area contributed by atoms with Gasteiger partial charge in [-0.05, 0) is 32.0 Å². The molecule has 5 rings (SSSR count). The Kier molecular flexibility index (Phi) is 3.49. The van der Waals surface area contributed by atoms with Gasteiger partial charge in [-0.3, -0.25) is 4.98 Å². The van der Waals surface area contributed by atoms with Gasteiger partial charge >= 0.3 is 0 Å². The maximum absolute atomic E-state index is 4.58. The summed E-state index contributed by atoms with van der Waals surface area (Å²) in [5, 5.41) is 11.3. The number of fused-ring (bicyclic) bond motifs is 2. The van der Waals surface area contributed by atoms with Crippen LogP contribution < -0.4 is 10.6 Å². The molecular weight excluding hydrogens is 328 g/mol. The molecule has 1 saturated carbocycles. The summed E-state index contributed by atoms with van der Waals surface area (Å²) in [6, 6.07) is 5.04. The number of hydrogen-bond acceptors (Lipinski definition) is 7. The van der Waals surface area contributed by atoms with Gasteiger partial charge in [0.1, 0.15) is 5.52 Å². The predicted octanol–water partition coefficient (Wildman–Crippen LogP) is 1.90. The molecule has 2 N–H and O–H groups in total. The SMILES string of the molecule is CNC1CC(Nc2ncc3c(-c4cnc5nccnc5c4)ccn3n2)C1. The number of pyridine rings is 1. The van der Waals surface area contributed by atoms with Crippen molar-refractivity contribution in [2.45, 2.75) is 24.9 Å². The molecule has 0 amide bonds. The first-order valence-electron chi connectivity index (χ1n) is 8.65. The minimum Gasteiger partial charge on any atom is -0.350 e. The fourth-order valence-corrected chi connectivity index (χ4v) is 3.37. The number of hydrogen-bond donors (Lipinski definition) is 2. The predicted molar refractivity (Wildman–Crippen MR) is 98.8 cm³/mol. The second kappa shape index (κ2) is 5.99. The monoisotopic (exact) mass is 346 g/mol. The van der Waals surface area contributed by atoms with E-state index in [9.17, 15) is 0 Å². The number of aromatic nitrogens is 6. The maximum atomic E-state index is 4.58. The molecule has 0 aromatic carbocycles. The van der Waals surface area contributed by atoms with Crippen LogP contribution in [0, 0.1) is 0 Å². The summed E-state index contributed by atoms with van der Waals surface area (Å²) in [5.74, 6) is 0.654. The molecule has 1 fully saturated rings.